The Balaban J connectivity index is 2.00. The zero-order valence-electron chi connectivity index (χ0n) is 8.09. The van der Waals surface area contributed by atoms with Crippen molar-refractivity contribution in [3.05, 3.63) is 29.8 Å². The minimum atomic E-state index is -2.84. The summed E-state index contributed by atoms with van der Waals surface area (Å²) in [7, 11) is -2.84. The Bertz CT molecular complexity index is 440. The van der Waals surface area contributed by atoms with E-state index in [1.165, 1.54) is 0 Å². The molecule has 1 N–H and O–H groups in total. The molecule has 4 nitrogen and oxygen atoms in total. The Kier molecular flexibility index (Phi) is 2.67. The van der Waals surface area contributed by atoms with Crippen LogP contribution in [-0.2, 0) is 16.4 Å². The summed E-state index contributed by atoms with van der Waals surface area (Å²) in [6.07, 6.45) is -0.232. The van der Waals surface area contributed by atoms with Gasteiger partial charge in [-0.2, -0.15) is 0 Å². The van der Waals surface area contributed by atoms with Gasteiger partial charge in [0.25, 0.3) is 0 Å². The molecule has 0 spiro atoms. The van der Waals surface area contributed by atoms with E-state index in [0.717, 1.165) is 5.56 Å². The van der Waals surface area contributed by atoms with Gasteiger partial charge in [0.05, 0.1) is 18.1 Å². The monoisotopic (exact) mass is 228 g/mol. The fourth-order valence-electron chi connectivity index (χ4n) is 1.50. The normalized spacial score (nSPS) is 19.5. The molecular formula is C10H12O4S. The van der Waals surface area contributed by atoms with Crippen LogP contribution in [0.3, 0.4) is 0 Å². The first kappa shape index (κ1) is 10.4. The molecule has 0 radical (unpaired) electrons. The number of hydrogen-bond acceptors (Lipinski definition) is 4. The highest BCUT2D eigenvalue weighted by Crippen LogP contribution is 2.20. The van der Waals surface area contributed by atoms with Crippen molar-refractivity contribution in [1.29, 1.82) is 0 Å². The summed E-state index contributed by atoms with van der Waals surface area (Å²) in [4.78, 5) is 0. The number of aliphatic hydroxyl groups is 1. The number of rotatable bonds is 3. The molecule has 0 bridgehead atoms. The standard InChI is InChI=1S/C10H12O4S/c11-5-8-2-1-3-9(4-8)14-10-6-15(12,13)7-10/h1-4,10-11H,5-7H2. The van der Waals surface area contributed by atoms with Crippen molar-refractivity contribution in [3.8, 4) is 5.75 Å². The highest BCUT2D eigenvalue weighted by Gasteiger charge is 2.35. The van der Waals surface area contributed by atoms with Crippen LogP contribution in [0.4, 0.5) is 0 Å². The largest absolute Gasteiger partial charge is 0.488 e. The van der Waals surface area contributed by atoms with Crippen LogP contribution in [0.25, 0.3) is 0 Å². The van der Waals surface area contributed by atoms with E-state index in [-0.39, 0.29) is 24.2 Å². The van der Waals surface area contributed by atoms with Gasteiger partial charge in [-0.25, -0.2) is 8.42 Å². The number of hydrogen-bond donors (Lipinski definition) is 1. The molecular weight excluding hydrogens is 216 g/mol. The highest BCUT2D eigenvalue weighted by molar-refractivity contribution is 7.92. The third kappa shape index (κ3) is 2.49. The smallest absolute Gasteiger partial charge is 0.157 e. The lowest BCUT2D eigenvalue weighted by Crippen LogP contribution is -2.45. The summed E-state index contributed by atoms with van der Waals surface area (Å²) in [6, 6.07) is 7.02. The maximum atomic E-state index is 10.9. The first-order chi connectivity index (χ1) is 7.09. The van der Waals surface area contributed by atoms with Gasteiger partial charge in [-0.05, 0) is 17.7 Å². The molecule has 82 valence electrons. The second-order valence-electron chi connectivity index (χ2n) is 3.62. The molecule has 1 aromatic carbocycles. The van der Waals surface area contributed by atoms with E-state index in [1.54, 1.807) is 24.3 Å². The quantitative estimate of drug-likeness (QED) is 0.811. The second kappa shape index (κ2) is 3.83. The molecule has 0 atom stereocenters. The molecule has 1 aliphatic rings. The van der Waals surface area contributed by atoms with Gasteiger partial charge in [0.1, 0.15) is 11.9 Å². The Morgan fingerprint density at radius 2 is 2.13 bits per heavy atom. The Hall–Kier alpha value is -1.07. The molecule has 0 amide bonds. The van der Waals surface area contributed by atoms with Crippen LogP contribution in [0.15, 0.2) is 24.3 Å². The molecule has 1 aromatic rings. The van der Waals surface area contributed by atoms with Crippen LogP contribution < -0.4 is 4.74 Å². The van der Waals surface area contributed by atoms with E-state index in [0.29, 0.717) is 5.75 Å². The maximum absolute atomic E-state index is 10.9. The van der Waals surface area contributed by atoms with Gasteiger partial charge in [0.15, 0.2) is 9.84 Å². The average Bonchev–Trinajstić information content (AvgIpc) is 2.15. The van der Waals surface area contributed by atoms with Crippen LogP contribution in [-0.4, -0.2) is 31.1 Å². The SMILES string of the molecule is O=S1(=O)CC(Oc2cccc(CO)c2)C1. The Labute approximate surface area is 88.4 Å². The highest BCUT2D eigenvalue weighted by atomic mass is 32.2. The molecule has 1 aliphatic heterocycles. The third-order valence-electron chi connectivity index (χ3n) is 2.26. The van der Waals surface area contributed by atoms with Crippen molar-refractivity contribution < 1.29 is 18.3 Å². The number of aliphatic hydroxyl groups excluding tert-OH is 1. The van der Waals surface area contributed by atoms with Crippen LogP contribution in [0, 0.1) is 0 Å². The Morgan fingerprint density at radius 1 is 1.40 bits per heavy atom. The number of ether oxygens (including phenoxy) is 1. The van der Waals surface area contributed by atoms with E-state index in [9.17, 15) is 8.42 Å². The maximum Gasteiger partial charge on any atom is 0.157 e. The fraction of sp³-hybridized carbons (Fsp3) is 0.400. The topological polar surface area (TPSA) is 63.6 Å². The van der Waals surface area contributed by atoms with Crippen LogP contribution in [0.5, 0.6) is 5.75 Å². The van der Waals surface area contributed by atoms with E-state index in [1.807, 2.05) is 0 Å². The molecule has 2 rings (SSSR count). The third-order valence-corrected chi connectivity index (χ3v) is 4.02. The second-order valence-corrected chi connectivity index (χ2v) is 5.78. The molecule has 0 saturated carbocycles. The molecule has 1 heterocycles. The molecule has 1 fully saturated rings. The van der Waals surface area contributed by atoms with E-state index in [4.69, 9.17) is 9.84 Å². The van der Waals surface area contributed by atoms with Gasteiger partial charge in [-0.1, -0.05) is 12.1 Å². The fourth-order valence-corrected chi connectivity index (χ4v) is 2.67. The molecule has 0 aromatic heterocycles. The first-order valence-corrected chi connectivity index (χ1v) is 6.48. The predicted molar refractivity (Wildman–Crippen MR) is 55.4 cm³/mol. The predicted octanol–water partition coefficient (Wildman–Crippen LogP) is 0.355. The summed E-state index contributed by atoms with van der Waals surface area (Å²) in [5, 5.41) is 8.90. The van der Waals surface area contributed by atoms with Crippen molar-refractivity contribution >= 4 is 9.84 Å². The van der Waals surface area contributed by atoms with Crippen molar-refractivity contribution in [2.24, 2.45) is 0 Å². The molecule has 5 heteroatoms. The summed E-state index contributed by atoms with van der Waals surface area (Å²) in [5.41, 5.74) is 0.759. The summed E-state index contributed by atoms with van der Waals surface area (Å²) in [5.74, 6) is 0.800. The minimum Gasteiger partial charge on any atom is -0.488 e. The lowest BCUT2D eigenvalue weighted by Gasteiger charge is -2.26. The van der Waals surface area contributed by atoms with Gasteiger partial charge in [-0.15, -0.1) is 0 Å². The van der Waals surface area contributed by atoms with E-state index >= 15 is 0 Å². The summed E-state index contributed by atoms with van der Waals surface area (Å²) < 4.78 is 27.2. The molecule has 0 unspecified atom stereocenters. The van der Waals surface area contributed by atoms with Gasteiger partial charge in [-0.3, -0.25) is 0 Å². The van der Waals surface area contributed by atoms with E-state index in [2.05, 4.69) is 0 Å². The van der Waals surface area contributed by atoms with Gasteiger partial charge in [0.2, 0.25) is 0 Å². The number of benzene rings is 1. The van der Waals surface area contributed by atoms with Crippen molar-refractivity contribution in [2.45, 2.75) is 12.7 Å². The van der Waals surface area contributed by atoms with Crippen molar-refractivity contribution in [2.75, 3.05) is 11.5 Å². The molecule has 15 heavy (non-hydrogen) atoms. The van der Waals surface area contributed by atoms with E-state index < -0.39 is 9.84 Å². The number of sulfone groups is 1. The van der Waals surface area contributed by atoms with Crippen molar-refractivity contribution in [3.63, 3.8) is 0 Å². The van der Waals surface area contributed by atoms with Crippen molar-refractivity contribution in [1.82, 2.24) is 0 Å². The molecule has 1 saturated heterocycles. The minimum absolute atomic E-state index is 0.0415. The summed E-state index contributed by atoms with van der Waals surface area (Å²) in [6.45, 7) is -0.0415. The van der Waals surface area contributed by atoms with Gasteiger partial charge in [0, 0.05) is 0 Å². The zero-order valence-corrected chi connectivity index (χ0v) is 8.90. The average molecular weight is 228 g/mol. The Morgan fingerprint density at radius 3 is 2.73 bits per heavy atom. The zero-order chi connectivity index (χ0) is 10.9. The van der Waals surface area contributed by atoms with Gasteiger partial charge < -0.3 is 9.84 Å². The first-order valence-electron chi connectivity index (χ1n) is 4.66. The van der Waals surface area contributed by atoms with Crippen LogP contribution >= 0.6 is 0 Å². The van der Waals surface area contributed by atoms with Gasteiger partial charge >= 0.3 is 0 Å². The lowest BCUT2D eigenvalue weighted by atomic mass is 10.2. The molecule has 0 aliphatic carbocycles. The van der Waals surface area contributed by atoms with Crippen LogP contribution in [0.2, 0.25) is 0 Å². The van der Waals surface area contributed by atoms with Crippen LogP contribution in [0.1, 0.15) is 5.56 Å². The summed E-state index contributed by atoms with van der Waals surface area (Å²) >= 11 is 0. The lowest BCUT2D eigenvalue weighted by molar-refractivity contribution is 0.228.